The van der Waals surface area contributed by atoms with Crippen LogP contribution in [-0.4, -0.2) is 23.8 Å². The Morgan fingerprint density at radius 1 is 1.23 bits per heavy atom. The summed E-state index contributed by atoms with van der Waals surface area (Å²) in [7, 11) is 0. The van der Waals surface area contributed by atoms with Crippen LogP contribution in [0.3, 0.4) is 0 Å². The maximum absolute atomic E-state index is 11.7. The highest BCUT2D eigenvalue weighted by Gasteiger charge is 2.02. The van der Waals surface area contributed by atoms with Crippen LogP contribution in [0.5, 0.6) is 5.75 Å². The zero-order chi connectivity index (χ0) is 15.9. The van der Waals surface area contributed by atoms with E-state index in [1.165, 1.54) is 6.21 Å². The monoisotopic (exact) mass is 297 g/mol. The van der Waals surface area contributed by atoms with Crippen LogP contribution < -0.4 is 10.7 Å². The molecule has 2 aromatic carbocycles. The summed E-state index contributed by atoms with van der Waals surface area (Å²) in [5.41, 5.74) is 5.98. The first kappa shape index (κ1) is 15.6. The van der Waals surface area contributed by atoms with Gasteiger partial charge in [0.25, 0.3) is 5.91 Å². The number of nitrogens with one attached hydrogen (secondary N) is 2. The van der Waals surface area contributed by atoms with Gasteiger partial charge in [-0.2, -0.15) is 5.10 Å². The summed E-state index contributed by atoms with van der Waals surface area (Å²) >= 11 is 0. The fraction of sp³-hybridized carbons (Fsp3) is 0.176. The summed E-state index contributed by atoms with van der Waals surface area (Å²) in [6.45, 7) is 4.02. The van der Waals surface area contributed by atoms with Crippen LogP contribution in [0.2, 0.25) is 0 Å². The van der Waals surface area contributed by atoms with Gasteiger partial charge in [0.2, 0.25) is 0 Å². The van der Waals surface area contributed by atoms with Gasteiger partial charge in [-0.1, -0.05) is 29.8 Å². The normalized spacial score (nSPS) is 10.6. The molecule has 3 N–H and O–H groups in total. The van der Waals surface area contributed by atoms with E-state index in [9.17, 15) is 9.90 Å². The van der Waals surface area contributed by atoms with Crippen molar-refractivity contribution in [1.29, 1.82) is 0 Å². The van der Waals surface area contributed by atoms with Gasteiger partial charge in [0.15, 0.2) is 0 Å². The summed E-state index contributed by atoms with van der Waals surface area (Å²) in [4.78, 5) is 11.7. The van der Waals surface area contributed by atoms with E-state index in [1.807, 2.05) is 38.1 Å². The second-order valence-electron chi connectivity index (χ2n) is 5.02. The van der Waals surface area contributed by atoms with Crippen molar-refractivity contribution in [3.63, 3.8) is 0 Å². The van der Waals surface area contributed by atoms with E-state index in [1.54, 1.807) is 18.2 Å². The van der Waals surface area contributed by atoms with Gasteiger partial charge in [-0.05, 0) is 37.6 Å². The van der Waals surface area contributed by atoms with E-state index in [0.717, 1.165) is 16.8 Å². The molecular weight excluding hydrogens is 278 g/mol. The van der Waals surface area contributed by atoms with Crippen molar-refractivity contribution in [3.05, 3.63) is 59.2 Å². The van der Waals surface area contributed by atoms with Gasteiger partial charge in [0, 0.05) is 11.3 Å². The number of benzene rings is 2. The molecule has 1 amide bonds. The summed E-state index contributed by atoms with van der Waals surface area (Å²) < 4.78 is 0. The van der Waals surface area contributed by atoms with Crippen molar-refractivity contribution in [2.45, 2.75) is 13.8 Å². The molecule has 0 bridgehead atoms. The Hall–Kier alpha value is -2.82. The lowest BCUT2D eigenvalue weighted by Gasteiger charge is -2.07. The number of nitrogens with zero attached hydrogens (tertiary/aromatic N) is 1. The predicted molar refractivity (Wildman–Crippen MR) is 88.2 cm³/mol. The van der Waals surface area contributed by atoms with Crippen molar-refractivity contribution in [2.24, 2.45) is 5.10 Å². The SMILES string of the molecule is Cc1ccc(O)c(/C=N/NC(=O)CNc2ccccc2C)c1. The van der Waals surface area contributed by atoms with Crippen LogP contribution >= 0.6 is 0 Å². The van der Waals surface area contributed by atoms with Gasteiger partial charge in [0.1, 0.15) is 5.75 Å². The minimum atomic E-state index is -0.258. The van der Waals surface area contributed by atoms with Crippen LogP contribution in [-0.2, 0) is 4.79 Å². The number of para-hydroxylation sites is 1. The number of carbonyl (C=O) groups excluding carboxylic acids is 1. The van der Waals surface area contributed by atoms with Crippen molar-refractivity contribution in [1.82, 2.24) is 5.43 Å². The molecule has 2 rings (SSSR count). The maximum Gasteiger partial charge on any atom is 0.259 e. The fourth-order valence-electron chi connectivity index (χ4n) is 1.94. The molecule has 2 aromatic rings. The lowest BCUT2D eigenvalue weighted by molar-refractivity contribution is -0.119. The Morgan fingerprint density at radius 3 is 2.77 bits per heavy atom. The highest BCUT2D eigenvalue weighted by atomic mass is 16.3. The minimum Gasteiger partial charge on any atom is -0.507 e. The molecule has 0 radical (unpaired) electrons. The average Bonchev–Trinajstić information content (AvgIpc) is 2.50. The molecule has 0 saturated carbocycles. The van der Waals surface area contributed by atoms with Crippen molar-refractivity contribution < 1.29 is 9.90 Å². The largest absolute Gasteiger partial charge is 0.507 e. The number of aromatic hydroxyl groups is 1. The first-order valence-corrected chi connectivity index (χ1v) is 6.97. The molecule has 0 aliphatic carbocycles. The van der Waals surface area contributed by atoms with Crippen molar-refractivity contribution in [3.8, 4) is 5.75 Å². The first-order chi connectivity index (χ1) is 10.6. The number of carbonyl (C=O) groups is 1. The van der Waals surface area contributed by atoms with Crippen LogP contribution in [0.15, 0.2) is 47.6 Å². The number of hydrogen-bond acceptors (Lipinski definition) is 4. The Bertz CT molecular complexity index is 696. The molecule has 0 spiro atoms. The highest BCUT2D eigenvalue weighted by Crippen LogP contribution is 2.15. The number of phenols is 1. The molecular formula is C17H19N3O2. The molecule has 0 aromatic heterocycles. The van der Waals surface area contributed by atoms with Crippen LogP contribution in [0, 0.1) is 13.8 Å². The average molecular weight is 297 g/mol. The molecule has 0 heterocycles. The van der Waals surface area contributed by atoms with E-state index in [0.29, 0.717) is 5.56 Å². The molecule has 5 nitrogen and oxygen atoms in total. The Kier molecular flexibility index (Phi) is 5.14. The van der Waals surface area contributed by atoms with Crippen LogP contribution in [0.25, 0.3) is 0 Å². The van der Waals surface area contributed by atoms with E-state index in [2.05, 4.69) is 15.8 Å². The molecule has 0 atom stereocenters. The summed E-state index contributed by atoms with van der Waals surface area (Å²) in [5, 5.41) is 16.6. The number of hydrazone groups is 1. The van der Waals surface area contributed by atoms with Gasteiger partial charge >= 0.3 is 0 Å². The molecule has 0 fully saturated rings. The Labute approximate surface area is 129 Å². The lowest BCUT2D eigenvalue weighted by atomic mass is 10.1. The smallest absolute Gasteiger partial charge is 0.259 e. The molecule has 0 unspecified atom stereocenters. The molecule has 114 valence electrons. The van der Waals surface area contributed by atoms with Crippen molar-refractivity contribution >= 4 is 17.8 Å². The Morgan fingerprint density at radius 2 is 2.00 bits per heavy atom. The number of aryl methyl sites for hydroxylation is 2. The summed E-state index contributed by atoms with van der Waals surface area (Å²) in [5.74, 6) is -0.131. The molecule has 0 aliphatic heterocycles. The molecule has 0 saturated heterocycles. The van der Waals surface area contributed by atoms with E-state index in [4.69, 9.17) is 0 Å². The second-order valence-corrected chi connectivity index (χ2v) is 5.02. The van der Waals surface area contributed by atoms with Crippen LogP contribution in [0.1, 0.15) is 16.7 Å². The van der Waals surface area contributed by atoms with Gasteiger partial charge in [0.05, 0.1) is 12.8 Å². The third kappa shape index (κ3) is 4.34. The van der Waals surface area contributed by atoms with Gasteiger partial charge < -0.3 is 10.4 Å². The van der Waals surface area contributed by atoms with E-state index < -0.39 is 0 Å². The number of rotatable bonds is 5. The fourth-order valence-corrected chi connectivity index (χ4v) is 1.94. The highest BCUT2D eigenvalue weighted by molar-refractivity contribution is 5.86. The van der Waals surface area contributed by atoms with Crippen LogP contribution in [0.4, 0.5) is 5.69 Å². The number of amides is 1. The zero-order valence-electron chi connectivity index (χ0n) is 12.6. The third-order valence-corrected chi connectivity index (χ3v) is 3.16. The number of hydrogen-bond donors (Lipinski definition) is 3. The quantitative estimate of drug-likeness (QED) is 0.586. The third-order valence-electron chi connectivity index (χ3n) is 3.16. The topological polar surface area (TPSA) is 73.7 Å². The van der Waals surface area contributed by atoms with Crippen molar-refractivity contribution in [2.75, 3.05) is 11.9 Å². The first-order valence-electron chi connectivity index (χ1n) is 6.97. The van der Waals surface area contributed by atoms with Gasteiger partial charge in [-0.15, -0.1) is 0 Å². The summed E-state index contributed by atoms with van der Waals surface area (Å²) in [6.07, 6.45) is 1.42. The standard InChI is InChI=1S/C17H19N3O2/c1-12-7-8-16(21)14(9-12)10-19-20-17(22)11-18-15-6-4-3-5-13(15)2/h3-10,18,21H,11H2,1-2H3,(H,20,22)/b19-10+. The molecule has 0 aliphatic rings. The predicted octanol–water partition coefficient (Wildman–Crippen LogP) is 2.57. The Balaban J connectivity index is 1.86. The summed E-state index contributed by atoms with van der Waals surface area (Å²) in [6, 6.07) is 12.9. The molecule has 22 heavy (non-hydrogen) atoms. The second kappa shape index (κ2) is 7.26. The number of anilines is 1. The number of phenolic OH excluding ortho intramolecular Hbond substituents is 1. The van der Waals surface area contributed by atoms with E-state index in [-0.39, 0.29) is 18.2 Å². The minimum absolute atomic E-state index is 0.127. The van der Waals surface area contributed by atoms with Gasteiger partial charge in [-0.3, -0.25) is 4.79 Å². The van der Waals surface area contributed by atoms with E-state index >= 15 is 0 Å². The van der Waals surface area contributed by atoms with Gasteiger partial charge in [-0.25, -0.2) is 5.43 Å². The zero-order valence-corrected chi connectivity index (χ0v) is 12.6. The lowest BCUT2D eigenvalue weighted by Crippen LogP contribution is -2.26. The maximum atomic E-state index is 11.7. The molecule has 5 heteroatoms.